The summed E-state index contributed by atoms with van der Waals surface area (Å²) in [5, 5.41) is 10.8. The number of para-hydroxylation sites is 2. The van der Waals surface area contributed by atoms with E-state index in [0.717, 1.165) is 0 Å². The molecule has 0 saturated heterocycles. The molecule has 3 aromatic carbocycles. The molecule has 7 nitrogen and oxygen atoms in total. The van der Waals surface area contributed by atoms with Crippen LogP contribution in [-0.2, 0) is 13.1 Å². The van der Waals surface area contributed by atoms with Crippen LogP contribution in [0.2, 0.25) is 0 Å². The van der Waals surface area contributed by atoms with Gasteiger partial charge in [0.15, 0.2) is 0 Å². The smallest absolute Gasteiger partial charge is 0.406 e. The maximum atomic E-state index is 13.2. The van der Waals surface area contributed by atoms with Crippen molar-refractivity contribution in [1.82, 2.24) is 9.13 Å². The summed E-state index contributed by atoms with van der Waals surface area (Å²) in [4.78, 5) is 23.5. The average Bonchev–Trinajstić information content (AvgIpc) is 3.00. The number of non-ortho nitro benzene ring substituents is 1. The largest absolute Gasteiger partial charge is 0.573 e. The summed E-state index contributed by atoms with van der Waals surface area (Å²) in [7, 11) is 0. The number of halogens is 3. The predicted molar refractivity (Wildman–Crippen MR) is 111 cm³/mol. The van der Waals surface area contributed by atoms with Gasteiger partial charge in [-0.05, 0) is 35.4 Å². The van der Waals surface area contributed by atoms with E-state index in [4.69, 9.17) is 0 Å². The monoisotopic (exact) mass is 443 g/mol. The molecule has 0 aliphatic carbocycles. The zero-order chi connectivity index (χ0) is 22.9. The lowest BCUT2D eigenvalue weighted by Crippen LogP contribution is -2.25. The standard InChI is InChI=1S/C22H16F3N3O4/c23-22(24,25)32-18-11-7-16(8-12-18)14-27-20-4-2-1-3-19(20)26(21(27)29)13-15-5-9-17(10-6-15)28(30)31/h1-12H,13-14H2. The van der Waals surface area contributed by atoms with Crippen LogP contribution in [0.1, 0.15) is 11.1 Å². The zero-order valence-electron chi connectivity index (χ0n) is 16.5. The second-order valence-electron chi connectivity index (χ2n) is 7.06. The first-order valence-electron chi connectivity index (χ1n) is 9.47. The molecule has 0 radical (unpaired) electrons. The van der Waals surface area contributed by atoms with Crippen LogP contribution in [0.5, 0.6) is 5.75 Å². The first kappa shape index (κ1) is 21.2. The molecule has 10 heteroatoms. The average molecular weight is 443 g/mol. The van der Waals surface area contributed by atoms with Crippen LogP contribution in [0.25, 0.3) is 11.0 Å². The van der Waals surface area contributed by atoms with Gasteiger partial charge in [0, 0.05) is 12.1 Å². The fraction of sp³-hybridized carbons (Fsp3) is 0.136. The van der Waals surface area contributed by atoms with Crippen molar-refractivity contribution in [3.05, 3.63) is 105 Å². The number of ether oxygens (including phenoxy) is 1. The minimum Gasteiger partial charge on any atom is -0.406 e. The van der Waals surface area contributed by atoms with Gasteiger partial charge in [-0.2, -0.15) is 0 Å². The first-order valence-corrected chi connectivity index (χ1v) is 9.47. The Bertz CT molecular complexity index is 1320. The number of alkyl halides is 3. The fourth-order valence-electron chi connectivity index (χ4n) is 3.46. The van der Waals surface area contributed by atoms with Crippen LogP contribution >= 0.6 is 0 Å². The number of hydrogen-bond acceptors (Lipinski definition) is 4. The molecule has 0 saturated carbocycles. The molecule has 32 heavy (non-hydrogen) atoms. The van der Waals surface area contributed by atoms with E-state index in [2.05, 4.69) is 4.74 Å². The Balaban J connectivity index is 1.65. The van der Waals surface area contributed by atoms with Gasteiger partial charge in [0.2, 0.25) is 0 Å². The van der Waals surface area contributed by atoms with Crippen LogP contribution in [0.15, 0.2) is 77.6 Å². The second kappa shape index (κ2) is 8.22. The topological polar surface area (TPSA) is 79.3 Å². The van der Waals surface area contributed by atoms with Gasteiger partial charge in [-0.15, -0.1) is 13.2 Å². The minimum atomic E-state index is -4.77. The van der Waals surface area contributed by atoms with Crippen molar-refractivity contribution in [1.29, 1.82) is 0 Å². The van der Waals surface area contributed by atoms with Crippen molar-refractivity contribution < 1.29 is 22.8 Å². The number of imidazole rings is 1. The molecule has 0 N–H and O–H groups in total. The quantitative estimate of drug-likeness (QED) is 0.320. The minimum absolute atomic E-state index is 0.0403. The van der Waals surface area contributed by atoms with Gasteiger partial charge in [0.25, 0.3) is 5.69 Å². The van der Waals surface area contributed by atoms with Gasteiger partial charge in [-0.1, -0.05) is 36.4 Å². The van der Waals surface area contributed by atoms with Crippen molar-refractivity contribution in [2.24, 2.45) is 0 Å². The van der Waals surface area contributed by atoms with Crippen LogP contribution in [0.3, 0.4) is 0 Å². The molecule has 0 aliphatic heterocycles. The normalized spacial score (nSPS) is 11.6. The van der Waals surface area contributed by atoms with E-state index in [0.29, 0.717) is 22.2 Å². The summed E-state index contributed by atoms with van der Waals surface area (Å²) >= 11 is 0. The highest BCUT2D eigenvalue weighted by Gasteiger charge is 2.31. The van der Waals surface area contributed by atoms with Gasteiger partial charge in [-0.3, -0.25) is 19.2 Å². The number of hydrogen-bond donors (Lipinski definition) is 0. The third-order valence-electron chi connectivity index (χ3n) is 4.91. The summed E-state index contributed by atoms with van der Waals surface area (Å²) < 4.78 is 44.0. The fourth-order valence-corrected chi connectivity index (χ4v) is 3.46. The molecule has 4 rings (SSSR count). The molecular weight excluding hydrogens is 427 g/mol. The van der Waals surface area contributed by atoms with E-state index in [-0.39, 0.29) is 30.2 Å². The second-order valence-corrected chi connectivity index (χ2v) is 7.06. The molecule has 0 amide bonds. The summed E-state index contributed by atoms with van der Waals surface area (Å²) in [5.74, 6) is -0.339. The molecule has 1 heterocycles. The summed E-state index contributed by atoms with van der Waals surface area (Å²) in [5.41, 5.74) is 2.33. The molecular formula is C22H16F3N3O4. The van der Waals surface area contributed by atoms with Crippen LogP contribution in [-0.4, -0.2) is 20.4 Å². The van der Waals surface area contributed by atoms with E-state index in [1.165, 1.54) is 41.0 Å². The van der Waals surface area contributed by atoms with Crippen molar-refractivity contribution >= 4 is 16.7 Å². The molecule has 0 fully saturated rings. The van der Waals surface area contributed by atoms with E-state index in [1.54, 1.807) is 41.0 Å². The number of benzene rings is 3. The van der Waals surface area contributed by atoms with Gasteiger partial charge in [-0.25, -0.2) is 4.79 Å². The highest BCUT2D eigenvalue weighted by Crippen LogP contribution is 2.23. The molecule has 0 aliphatic rings. The molecule has 0 spiro atoms. The van der Waals surface area contributed by atoms with Crippen LogP contribution in [0, 0.1) is 10.1 Å². The lowest BCUT2D eigenvalue weighted by Gasteiger charge is -2.09. The van der Waals surface area contributed by atoms with E-state index in [9.17, 15) is 28.1 Å². The molecule has 0 unspecified atom stereocenters. The van der Waals surface area contributed by atoms with Crippen molar-refractivity contribution in [2.45, 2.75) is 19.5 Å². The Labute approximate surface area is 179 Å². The molecule has 164 valence electrons. The number of rotatable bonds is 6. The highest BCUT2D eigenvalue weighted by molar-refractivity contribution is 5.76. The van der Waals surface area contributed by atoms with Gasteiger partial charge in [0.05, 0.1) is 29.0 Å². The maximum absolute atomic E-state index is 13.2. The van der Waals surface area contributed by atoms with Crippen molar-refractivity contribution in [3.63, 3.8) is 0 Å². The van der Waals surface area contributed by atoms with E-state index in [1.807, 2.05) is 0 Å². The Kier molecular flexibility index (Phi) is 5.43. The number of nitro groups is 1. The molecule has 0 atom stereocenters. The number of fused-ring (bicyclic) bond motifs is 1. The first-order chi connectivity index (χ1) is 15.2. The van der Waals surface area contributed by atoms with Gasteiger partial charge < -0.3 is 4.74 Å². The number of aromatic nitrogens is 2. The molecule has 1 aromatic heterocycles. The summed E-state index contributed by atoms with van der Waals surface area (Å²) in [6.45, 7) is 0.363. The Morgan fingerprint density at radius 2 is 1.28 bits per heavy atom. The predicted octanol–water partition coefficient (Wildman–Crippen LogP) is 4.71. The lowest BCUT2D eigenvalue weighted by atomic mass is 10.2. The van der Waals surface area contributed by atoms with Crippen molar-refractivity contribution in [2.75, 3.05) is 0 Å². The van der Waals surface area contributed by atoms with Gasteiger partial charge >= 0.3 is 12.1 Å². The Morgan fingerprint density at radius 3 is 1.72 bits per heavy atom. The van der Waals surface area contributed by atoms with E-state index >= 15 is 0 Å². The molecule has 4 aromatic rings. The summed E-state index contributed by atoms with van der Waals surface area (Å²) in [6.07, 6.45) is -4.77. The van der Waals surface area contributed by atoms with Gasteiger partial charge in [0.1, 0.15) is 5.75 Å². The van der Waals surface area contributed by atoms with Crippen LogP contribution in [0.4, 0.5) is 18.9 Å². The third-order valence-corrected chi connectivity index (χ3v) is 4.91. The number of nitrogens with zero attached hydrogens (tertiary/aromatic N) is 3. The van der Waals surface area contributed by atoms with Crippen LogP contribution < -0.4 is 10.4 Å². The van der Waals surface area contributed by atoms with Crippen molar-refractivity contribution in [3.8, 4) is 5.75 Å². The highest BCUT2D eigenvalue weighted by atomic mass is 19.4. The Hall–Kier alpha value is -4.08. The third kappa shape index (κ3) is 4.48. The zero-order valence-corrected chi connectivity index (χ0v) is 16.5. The number of nitro benzene ring substituents is 1. The molecule has 0 bridgehead atoms. The SMILES string of the molecule is O=c1n(Cc2ccc(OC(F)(F)F)cc2)c2ccccc2n1Cc1ccc([N+](=O)[O-])cc1. The maximum Gasteiger partial charge on any atom is 0.573 e. The Morgan fingerprint density at radius 1 is 0.812 bits per heavy atom. The lowest BCUT2D eigenvalue weighted by molar-refractivity contribution is -0.384. The summed E-state index contributed by atoms with van der Waals surface area (Å²) in [6, 6.07) is 18.4. The van der Waals surface area contributed by atoms with E-state index < -0.39 is 11.3 Å².